The van der Waals surface area contributed by atoms with Gasteiger partial charge in [0.1, 0.15) is 6.61 Å². The summed E-state index contributed by atoms with van der Waals surface area (Å²) in [4.78, 5) is 22.6. The SMILES string of the molecule is CCOC(=O)CNCCCCCNC(=O)OCc1ccccc1. The van der Waals surface area contributed by atoms with E-state index < -0.39 is 6.09 Å². The van der Waals surface area contributed by atoms with Crippen molar-refractivity contribution in [3.8, 4) is 0 Å². The lowest BCUT2D eigenvalue weighted by Crippen LogP contribution is -2.26. The third kappa shape index (κ3) is 10.3. The molecule has 0 fully saturated rings. The van der Waals surface area contributed by atoms with E-state index in [0.29, 0.717) is 13.2 Å². The summed E-state index contributed by atoms with van der Waals surface area (Å²) in [7, 11) is 0. The van der Waals surface area contributed by atoms with Crippen molar-refractivity contribution in [2.45, 2.75) is 32.8 Å². The second kappa shape index (κ2) is 12.5. The van der Waals surface area contributed by atoms with Gasteiger partial charge < -0.3 is 20.1 Å². The topological polar surface area (TPSA) is 76.7 Å². The largest absolute Gasteiger partial charge is 0.465 e. The molecule has 2 N–H and O–H groups in total. The molecule has 0 aromatic heterocycles. The first-order valence-corrected chi connectivity index (χ1v) is 8.03. The van der Waals surface area contributed by atoms with Crippen LogP contribution < -0.4 is 10.6 Å². The Morgan fingerprint density at radius 1 is 1.00 bits per heavy atom. The molecule has 128 valence electrons. The quantitative estimate of drug-likeness (QED) is 0.483. The van der Waals surface area contributed by atoms with Gasteiger partial charge in [0.05, 0.1) is 13.2 Å². The van der Waals surface area contributed by atoms with Gasteiger partial charge in [-0.1, -0.05) is 36.8 Å². The smallest absolute Gasteiger partial charge is 0.407 e. The van der Waals surface area contributed by atoms with Crippen molar-refractivity contribution < 1.29 is 19.1 Å². The van der Waals surface area contributed by atoms with Gasteiger partial charge in [0, 0.05) is 6.54 Å². The van der Waals surface area contributed by atoms with Gasteiger partial charge in [0.25, 0.3) is 0 Å². The number of esters is 1. The van der Waals surface area contributed by atoms with Crippen LogP contribution in [0.3, 0.4) is 0 Å². The lowest BCUT2D eigenvalue weighted by atomic mass is 10.2. The fraction of sp³-hybridized carbons (Fsp3) is 0.529. The van der Waals surface area contributed by atoms with Crippen LogP contribution in [0.15, 0.2) is 30.3 Å². The van der Waals surface area contributed by atoms with Gasteiger partial charge in [-0.25, -0.2) is 4.79 Å². The van der Waals surface area contributed by atoms with Crippen LogP contribution in [0.25, 0.3) is 0 Å². The molecule has 1 aromatic rings. The normalized spacial score (nSPS) is 10.1. The van der Waals surface area contributed by atoms with Crippen molar-refractivity contribution in [2.75, 3.05) is 26.2 Å². The van der Waals surface area contributed by atoms with Crippen molar-refractivity contribution in [1.29, 1.82) is 0 Å². The van der Waals surface area contributed by atoms with Crippen molar-refractivity contribution >= 4 is 12.1 Å². The minimum atomic E-state index is -0.394. The molecule has 0 atom stereocenters. The van der Waals surface area contributed by atoms with E-state index in [1.807, 2.05) is 30.3 Å². The summed E-state index contributed by atoms with van der Waals surface area (Å²) in [6.45, 7) is 4.08. The Balaban J connectivity index is 1.90. The highest BCUT2D eigenvalue weighted by Gasteiger charge is 2.02. The molecule has 1 rings (SSSR count). The van der Waals surface area contributed by atoms with Gasteiger partial charge in [-0.15, -0.1) is 0 Å². The summed E-state index contributed by atoms with van der Waals surface area (Å²) in [5.74, 6) is -0.227. The van der Waals surface area contributed by atoms with E-state index in [1.54, 1.807) is 6.92 Å². The first kappa shape index (κ1) is 19.0. The summed E-state index contributed by atoms with van der Waals surface area (Å²) in [6.07, 6.45) is 2.39. The van der Waals surface area contributed by atoms with Crippen LogP contribution in [0.2, 0.25) is 0 Å². The Kier molecular flexibility index (Phi) is 10.3. The minimum Gasteiger partial charge on any atom is -0.465 e. The summed E-state index contributed by atoms with van der Waals surface area (Å²) in [6, 6.07) is 9.57. The number of carbonyl (C=O) groups is 2. The molecular weight excluding hydrogens is 296 g/mol. The number of unbranched alkanes of at least 4 members (excludes halogenated alkanes) is 2. The van der Waals surface area contributed by atoms with Crippen molar-refractivity contribution in [3.63, 3.8) is 0 Å². The van der Waals surface area contributed by atoms with Crippen LogP contribution in [0.5, 0.6) is 0 Å². The van der Waals surface area contributed by atoms with E-state index in [1.165, 1.54) is 0 Å². The molecule has 1 aromatic carbocycles. The van der Waals surface area contributed by atoms with Crippen molar-refractivity contribution in [1.82, 2.24) is 10.6 Å². The molecule has 6 heteroatoms. The van der Waals surface area contributed by atoms with Crippen LogP contribution in [0.4, 0.5) is 4.79 Å². The van der Waals surface area contributed by atoms with Gasteiger partial charge in [-0.05, 0) is 31.9 Å². The highest BCUT2D eigenvalue weighted by atomic mass is 16.5. The maximum absolute atomic E-state index is 11.5. The zero-order valence-electron chi connectivity index (χ0n) is 13.7. The maximum atomic E-state index is 11.5. The number of nitrogens with one attached hydrogen (secondary N) is 2. The van der Waals surface area contributed by atoms with Crippen molar-refractivity contribution in [3.05, 3.63) is 35.9 Å². The Hall–Kier alpha value is -2.08. The Morgan fingerprint density at radius 3 is 2.48 bits per heavy atom. The summed E-state index contributed by atoms with van der Waals surface area (Å²) in [5, 5.41) is 5.74. The van der Waals surface area contributed by atoms with Gasteiger partial charge >= 0.3 is 12.1 Å². The molecule has 23 heavy (non-hydrogen) atoms. The zero-order valence-corrected chi connectivity index (χ0v) is 13.7. The van der Waals surface area contributed by atoms with Gasteiger partial charge in [0.15, 0.2) is 0 Å². The number of benzene rings is 1. The molecule has 0 spiro atoms. The maximum Gasteiger partial charge on any atom is 0.407 e. The van der Waals surface area contributed by atoms with Crippen LogP contribution >= 0.6 is 0 Å². The van der Waals surface area contributed by atoms with E-state index in [4.69, 9.17) is 9.47 Å². The zero-order chi connectivity index (χ0) is 16.8. The predicted octanol–water partition coefficient (Wildman–Crippen LogP) is 2.24. The monoisotopic (exact) mass is 322 g/mol. The molecule has 0 heterocycles. The number of alkyl carbamates (subject to hydrolysis) is 1. The molecule has 0 aliphatic carbocycles. The van der Waals surface area contributed by atoms with E-state index in [0.717, 1.165) is 31.4 Å². The fourth-order valence-corrected chi connectivity index (χ4v) is 1.92. The Labute approximate surface area is 137 Å². The third-order valence-electron chi connectivity index (χ3n) is 3.09. The van der Waals surface area contributed by atoms with Crippen LogP contribution in [0, 0.1) is 0 Å². The van der Waals surface area contributed by atoms with Crippen molar-refractivity contribution in [2.24, 2.45) is 0 Å². The molecule has 6 nitrogen and oxygen atoms in total. The molecule has 0 aliphatic rings. The molecule has 0 saturated heterocycles. The first-order chi connectivity index (χ1) is 11.2. The average molecular weight is 322 g/mol. The molecule has 0 aliphatic heterocycles. The number of ether oxygens (including phenoxy) is 2. The average Bonchev–Trinajstić information content (AvgIpc) is 2.56. The highest BCUT2D eigenvalue weighted by molar-refractivity contribution is 5.71. The number of hydrogen-bond acceptors (Lipinski definition) is 5. The third-order valence-corrected chi connectivity index (χ3v) is 3.09. The summed E-state index contributed by atoms with van der Waals surface area (Å²) in [5.41, 5.74) is 0.968. The lowest BCUT2D eigenvalue weighted by Gasteiger charge is -2.07. The minimum absolute atomic E-state index is 0.227. The second-order valence-corrected chi connectivity index (χ2v) is 5.03. The standard InChI is InChI=1S/C17H26N2O4/c1-2-22-16(20)13-18-11-7-4-8-12-19-17(21)23-14-15-9-5-3-6-10-15/h3,5-6,9-10,18H,2,4,7-8,11-14H2,1H3,(H,19,21). The van der Waals surface area contributed by atoms with E-state index in [9.17, 15) is 9.59 Å². The van der Waals surface area contributed by atoms with E-state index in [2.05, 4.69) is 10.6 Å². The molecule has 0 bridgehead atoms. The Morgan fingerprint density at radius 2 is 1.74 bits per heavy atom. The number of hydrogen-bond donors (Lipinski definition) is 2. The van der Waals surface area contributed by atoms with Gasteiger partial charge in [-0.2, -0.15) is 0 Å². The fourth-order valence-electron chi connectivity index (χ4n) is 1.92. The molecule has 0 radical (unpaired) electrons. The van der Waals surface area contributed by atoms with E-state index >= 15 is 0 Å². The number of rotatable bonds is 11. The van der Waals surface area contributed by atoms with Crippen LogP contribution in [-0.2, 0) is 20.9 Å². The van der Waals surface area contributed by atoms with Gasteiger partial charge in [-0.3, -0.25) is 4.79 Å². The Bertz CT molecular complexity index is 451. The highest BCUT2D eigenvalue weighted by Crippen LogP contribution is 2.00. The second-order valence-electron chi connectivity index (χ2n) is 5.03. The number of carbonyl (C=O) groups excluding carboxylic acids is 2. The van der Waals surface area contributed by atoms with Gasteiger partial charge in [0.2, 0.25) is 0 Å². The van der Waals surface area contributed by atoms with Crippen LogP contribution in [-0.4, -0.2) is 38.3 Å². The number of amides is 1. The molecule has 0 saturated carbocycles. The predicted molar refractivity (Wildman–Crippen MR) is 88.0 cm³/mol. The molecular formula is C17H26N2O4. The van der Waals surface area contributed by atoms with Crippen LogP contribution in [0.1, 0.15) is 31.7 Å². The molecule has 1 amide bonds. The summed E-state index contributed by atoms with van der Waals surface area (Å²) >= 11 is 0. The molecule has 0 unspecified atom stereocenters. The first-order valence-electron chi connectivity index (χ1n) is 8.03. The summed E-state index contributed by atoms with van der Waals surface area (Å²) < 4.78 is 9.91. The lowest BCUT2D eigenvalue weighted by molar-refractivity contribution is -0.141. The van der Waals surface area contributed by atoms with E-state index in [-0.39, 0.29) is 19.1 Å².